The molecular formula is C16H15F2NO2. The molecule has 1 unspecified atom stereocenters. The average molecular weight is 291 g/mol. The summed E-state index contributed by atoms with van der Waals surface area (Å²) in [7, 11) is 0. The maximum absolute atomic E-state index is 13.4. The molecule has 0 aliphatic heterocycles. The van der Waals surface area contributed by atoms with Crippen molar-refractivity contribution in [3.8, 4) is 0 Å². The lowest BCUT2D eigenvalue weighted by atomic mass is 10.0. The number of hydrogen-bond acceptors (Lipinski definition) is 2. The summed E-state index contributed by atoms with van der Waals surface area (Å²) in [5.41, 5.74) is 0.921. The van der Waals surface area contributed by atoms with Crippen LogP contribution in [-0.4, -0.2) is 17.6 Å². The molecular weight excluding hydrogens is 276 g/mol. The second-order valence-corrected chi connectivity index (χ2v) is 4.60. The second-order valence-electron chi connectivity index (χ2n) is 4.60. The zero-order valence-electron chi connectivity index (χ0n) is 11.2. The van der Waals surface area contributed by atoms with Crippen LogP contribution >= 0.6 is 0 Å². The van der Waals surface area contributed by atoms with Gasteiger partial charge in [-0.3, -0.25) is 4.79 Å². The zero-order valence-corrected chi connectivity index (χ0v) is 11.2. The fourth-order valence-electron chi connectivity index (χ4n) is 2.02. The topological polar surface area (TPSA) is 49.3 Å². The van der Waals surface area contributed by atoms with E-state index in [2.05, 4.69) is 5.32 Å². The van der Waals surface area contributed by atoms with Crippen molar-refractivity contribution in [2.24, 2.45) is 0 Å². The fourth-order valence-corrected chi connectivity index (χ4v) is 2.02. The minimum atomic E-state index is -0.810. The summed E-state index contributed by atoms with van der Waals surface area (Å²) in [6.07, 6.45) is 0. The van der Waals surface area contributed by atoms with Crippen LogP contribution in [0, 0.1) is 5.82 Å². The van der Waals surface area contributed by atoms with Crippen LogP contribution in [-0.2, 0) is 6.67 Å². The van der Waals surface area contributed by atoms with Gasteiger partial charge in [-0.2, -0.15) is 0 Å². The Morgan fingerprint density at radius 2 is 1.90 bits per heavy atom. The number of aliphatic hydroxyl groups excluding tert-OH is 1. The van der Waals surface area contributed by atoms with Gasteiger partial charge in [0.05, 0.1) is 12.6 Å². The van der Waals surface area contributed by atoms with Gasteiger partial charge in [-0.1, -0.05) is 24.3 Å². The number of amides is 1. The van der Waals surface area contributed by atoms with Crippen molar-refractivity contribution in [1.82, 2.24) is 5.32 Å². The zero-order chi connectivity index (χ0) is 15.2. The highest BCUT2D eigenvalue weighted by Crippen LogP contribution is 2.18. The van der Waals surface area contributed by atoms with Gasteiger partial charge in [0.15, 0.2) is 0 Å². The van der Waals surface area contributed by atoms with Gasteiger partial charge in [-0.15, -0.1) is 0 Å². The Bertz CT molecular complexity index is 617. The average Bonchev–Trinajstić information content (AvgIpc) is 2.52. The van der Waals surface area contributed by atoms with Gasteiger partial charge in [0.1, 0.15) is 12.5 Å². The van der Waals surface area contributed by atoms with Gasteiger partial charge < -0.3 is 10.4 Å². The monoisotopic (exact) mass is 291 g/mol. The molecule has 21 heavy (non-hydrogen) atoms. The summed E-state index contributed by atoms with van der Waals surface area (Å²) in [6.45, 7) is -1.22. The fraction of sp³-hybridized carbons (Fsp3) is 0.188. The Labute approximate surface area is 121 Å². The summed E-state index contributed by atoms with van der Waals surface area (Å²) in [4.78, 5) is 12.0. The van der Waals surface area contributed by atoms with Crippen LogP contribution in [0.4, 0.5) is 8.78 Å². The number of aliphatic hydroxyl groups is 1. The molecule has 0 radical (unpaired) electrons. The molecule has 0 aromatic heterocycles. The molecule has 1 amide bonds. The maximum atomic E-state index is 13.4. The largest absolute Gasteiger partial charge is 0.394 e. The Hall–Kier alpha value is -2.27. The predicted octanol–water partition coefficient (Wildman–Crippen LogP) is 2.76. The molecule has 0 bridgehead atoms. The van der Waals surface area contributed by atoms with E-state index in [0.29, 0.717) is 11.1 Å². The standard InChI is InChI=1S/C16H15F2NO2/c17-9-11-6-13(8-14(18)7-11)15(10-20)19-16(21)12-4-2-1-3-5-12/h1-8,15,20H,9-10H2,(H,19,21). The number of carbonyl (C=O) groups excluding carboxylic acids is 1. The normalized spacial score (nSPS) is 12.0. The van der Waals surface area contributed by atoms with Crippen LogP contribution in [0.2, 0.25) is 0 Å². The van der Waals surface area contributed by atoms with E-state index in [1.807, 2.05) is 0 Å². The molecule has 2 rings (SSSR count). The van der Waals surface area contributed by atoms with Gasteiger partial charge >= 0.3 is 0 Å². The van der Waals surface area contributed by atoms with Crippen LogP contribution < -0.4 is 5.32 Å². The lowest BCUT2D eigenvalue weighted by molar-refractivity contribution is 0.0916. The Balaban J connectivity index is 2.20. The molecule has 110 valence electrons. The molecule has 0 saturated heterocycles. The second kappa shape index (κ2) is 6.95. The number of rotatable bonds is 5. The van der Waals surface area contributed by atoms with E-state index in [9.17, 15) is 18.7 Å². The highest BCUT2D eigenvalue weighted by Gasteiger charge is 2.16. The van der Waals surface area contributed by atoms with Crippen molar-refractivity contribution >= 4 is 5.91 Å². The van der Waals surface area contributed by atoms with Crippen molar-refractivity contribution < 1.29 is 18.7 Å². The number of hydrogen-bond donors (Lipinski definition) is 2. The highest BCUT2D eigenvalue weighted by atomic mass is 19.1. The first-order chi connectivity index (χ1) is 10.1. The van der Waals surface area contributed by atoms with E-state index in [4.69, 9.17) is 0 Å². The lowest BCUT2D eigenvalue weighted by Gasteiger charge is -2.17. The van der Waals surface area contributed by atoms with Crippen molar-refractivity contribution in [1.29, 1.82) is 0 Å². The first-order valence-electron chi connectivity index (χ1n) is 6.46. The third kappa shape index (κ3) is 3.86. The lowest BCUT2D eigenvalue weighted by Crippen LogP contribution is -2.30. The van der Waals surface area contributed by atoms with E-state index >= 15 is 0 Å². The van der Waals surface area contributed by atoms with Crippen molar-refractivity contribution in [2.45, 2.75) is 12.7 Å². The molecule has 0 heterocycles. The third-order valence-electron chi connectivity index (χ3n) is 3.06. The highest BCUT2D eigenvalue weighted by molar-refractivity contribution is 5.94. The molecule has 0 aliphatic carbocycles. The molecule has 5 heteroatoms. The summed E-state index contributed by atoms with van der Waals surface area (Å²) in [6, 6.07) is 11.3. The Morgan fingerprint density at radius 3 is 2.52 bits per heavy atom. The van der Waals surface area contributed by atoms with E-state index in [-0.39, 0.29) is 11.5 Å². The number of nitrogens with one attached hydrogen (secondary N) is 1. The maximum Gasteiger partial charge on any atom is 0.251 e. The summed E-state index contributed by atoms with van der Waals surface area (Å²) >= 11 is 0. The van der Waals surface area contributed by atoms with Gasteiger partial charge in [-0.05, 0) is 35.4 Å². The molecule has 0 fully saturated rings. The van der Waals surface area contributed by atoms with E-state index in [0.717, 1.165) is 6.07 Å². The van der Waals surface area contributed by atoms with Crippen LogP contribution in [0.1, 0.15) is 27.5 Å². The third-order valence-corrected chi connectivity index (χ3v) is 3.06. The SMILES string of the molecule is O=C(NC(CO)c1cc(F)cc(CF)c1)c1ccccc1. The minimum Gasteiger partial charge on any atom is -0.394 e. The van der Waals surface area contributed by atoms with E-state index < -0.39 is 25.1 Å². The molecule has 0 saturated carbocycles. The van der Waals surface area contributed by atoms with Crippen LogP contribution in [0.5, 0.6) is 0 Å². The first-order valence-corrected chi connectivity index (χ1v) is 6.46. The van der Waals surface area contributed by atoms with Crippen molar-refractivity contribution in [2.75, 3.05) is 6.61 Å². The smallest absolute Gasteiger partial charge is 0.251 e. The van der Waals surface area contributed by atoms with E-state index in [1.54, 1.807) is 30.3 Å². The summed E-state index contributed by atoms with van der Waals surface area (Å²) in [5.74, 6) is -0.992. The number of benzene rings is 2. The molecule has 3 nitrogen and oxygen atoms in total. The van der Waals surface area contributed by atoms with Crippen molar-refractivity contribution in [3.63, 3.8) is 0 Å². The molecule has 2 aromatic rings. The van der Waals surface area contributed by atoms with Crippen molar-refractivity contribution in [3.05, 3.63) is 71.0 Å². The minimum absolute atomic E-state index is 0.164. The molecule has 0 aliphatic rings. The first kappa shape index (κ1) is 15.1. The summed E-state index contributed by atoms with van der Waals surface area (Å²) in [5, 5.41) is 12.0. The predicted molar refractivity (Wildman–Crippen MR) is 74.9 cm³/mol. The number of halogens is 2. The molecule has 1 atom stereocenters. The Kier molecular flexibility index (Phi) is 5.00. The molecule has 2 aromatic carbocycles. The van der Waals surface area contributed by atoms with E-state index in [1.165, 1.54) is 12.1 Å². The summed E-state index contributed by atoms with van der Waals surface area (Å²) < 4.78 is 26.1. The van der Waals surface area contributed by atoms with Gasteiger partial charge in [0.25, 0.3) is 5.91 Å². The van der Waals surface area contributed by atoms with Gasteiger partial charge in [-0.25, -0.2) is 8.78 Å². The Morgan fingerprint density at radius 1 is 1.19 bits per heavy atom. The number of alkyl halides is 1. The van der Waals surface area contributed by atoms with Gasteiger partial charge in [0, 0.05) is 5.56 Å². The van der Waals surface area contributed by atoms with Crippen LogP contribution in [0.25, 0.3) is 0 Å². The number of carbonyl (C=O) groups is 1. The van der Waals surface area contributed by atoms with Gasteiger partial charge in [0.2, 0.25) is 0 Å². The molecule has 0 spiro atoms. The molecule has 2 N–H and O–H groups in total. The van der Waals surface area contributed by atoms with Crippen LogP contribution in [0.3, 0.4) is 0 Å². The quantitative estimate of drug-likeness (QED) is 0.890. The van der Waals surface area contributed by atoms with Crippen LogP contribution in [0.15, 0.2) is 48.5 Å².